The molecule has 2 N–H and O–H groups in total. The van der Waals surface area contributed by atoms with Crippen LogP contribution in [0.1, 0.15) is 31.7 Å². The largest absolute Gasteiger partial charge is 0.378 e. The minimum absolute atomic E-state index is 0.155. The normalized spacial score (nSPS) is 17.4. The van der Waals surface area contributed by atoms with Gasteiger partial charge in [0.25, 0.3) is 0 Å². The third kappa shape index (κ3) is 5.47. The number of fused-ring (bicyclic) bond motifs is 1. The van der Waals surface area contributed by atoms with Crippen LogP contribution in [-0.2, 0) is 16.1 Å². The van der Waals surface area contributed by atoms with Crippen molar-refractivity contribution in [2.24, 2.45) is 5.92 Å². The first-order valence-corrected chi connectivity index (χ1v) is 13.1. The van der Waals surface area contributed by atoms with Crippen molar-refractivity contribution < 1.29 is 9.53 Å². The first-order valence-electron chi connectivity index (χ1n) is 13.1. The van der Waals surface area contributed by atoms with Gasteiger partial charge in [-0.15, -0.1) is 0 Å². The van der Waals surface area contributed by atoms with Crippen molar-refractivity contribution in [1.29, 1.82) is 0 Å². The maximum atomic E-state index is 12.8. The topological polar surface area (TPSA) is 87.6 Å². The Morgan fingerprint density at radius 3 is 2.67 bits per heavy atom. The number of morpholine rings is 1. The molecule has 5 rings (SSSR count). The van der Waals surface area contributed by atoms with Gasteiger partial charge in [-0.3, -0.25) is 9.69 Å². The molecule has 0 saturated carbocycles. The zero-order valence-corrected chi connectivity index (χ0v) is 21.4. The Hall–Kier alpha value is -3.17. The Bertz CT molecular complexity index is 1180. The molecule has 1 amide bonds. The molecule has 3 aromatic rings. The van der Waals surface area contributed by atoms with Crippen LogP contribution in [0.5, 0.6) is 0 Å². The summed E-state index contributed by atoms with van der Waals surface area (Å²) < 4.78 is 7.55. The first kappa shape index (κ1) is 24.5. The number of rotatable bonds is 8. The maximum absolute atomic E-state index is 12.8. The highest BCUT2D eigenvalue weighted by molar-refractivity contribution is 5.91. The number of aromatic nitrogens is 3. The summed E-state index contributed by atoms with van der Waals surface area (Å²) in [4.78, 5) is 26.5. The van der Waals surface area contributed by atoms with Crippen molar-refractivity contribution >= 4 is 28.6 Å². The van der Waals surface area contributed by atoms with Crippen molar-refractivity contribution in [1.82, 2.24) is 24.3 Å². The Kier molecular flexibility index (Phi) is 7.67. The van der Waals surface area contributed by atoms with Gasteiger partial charge >= 0.3 is 0 Å². The lowest BCUT2D eigenvalue weighted by Gasteiger charge is -2.35. The van der Waals surface area contributed by atoms with E-state index in [1.54, 1.807) is 0 Å². The van der Waals surface area contributed by atoms with Crippen molar-refractivity contribution in [3.05, 3.63) is 42.2 Å². The van der Waals surface area contributed by atoms with E-state index >= 15 is 0 Å². The highest BCUT2D eigenvalue weighted by Crippen LogP contribution is 2.26. The Labute approximate surface area is 212 Å². The summed E-state index contributed by atoms with van der Waals surface area (Å²) in [6.07, 6.45) is 7.21. The predicted molar refractivity (Wildman–Crippen MR) is 143 cm³/mol. The molecule has 0 unspecified atom stereocenters. The Balaban J connectivity index is 1.23. The van der Waals surface area contributed by atoms with E-state index in [0.29, 0.717) is 25.1 Å². The van der Waals surface area contributed by atoms with Crippen LogP contribution in [0.15, 0.2) is 36.7 Å². The number of benzene rings is 1. The number of nitrogens with zero attached hydrogens (tertiary/aromatic N) is 5. The van der Waals surface area contributed by atoms with Gasteiger partial charge < -0.3 is 24.8 Å². The fraction of sp³-hybridized carbons (Fsp3) is 0.519. The van der Waals surface area contributed by atoms with Gasteiger partial charge in [-0.2, -0.15) is 4.98 Å². The van der Waals surface area contributed by atoms with Crippen molar-refractivity contribution in [2.45, 2.75) is 32.7 Å². The summed E-state index contributed by atoms with van der Waals surface area (Å²) in [5, 5.41) is 7.51. The molecule has 192 valence electrons. The second-order valence-corrected chi connectivity index (χ2v) is 9.69. The smallest absolute Gasteiger partial charge is 0.225 e. The maximum Gasteiger partial charge on any atom is 0.225 e. The van der Waals surface area contributed by atoms with Gasteiger partial charge in [0.15, 0.2) is 0 Å². The van der Waals surface area contributed by atoms with Gasteiger partial charge in [-0.1, -0.05) is 6.92 Å². The van der Waals surface area contributed by atoms with Gasteiger partial charge in [0.05, 0.1) is 18.7 Å². The van der Waals surface area contributed by atoms with Crippen LogP contribution in [0.3, 0.4) is 0 Å². The molecule has 4 heterocycles. The van der Waals surface area contributed by atoms with Crippen LogP contribution in [0.4, 0.5) is 11.8 Å². The van der Waals surface area contributed by atoms with Gasteiger partial charge in [0.2, 0.25) is 11.9 Å². The summed E-state index contributed by atoms with van der Waals surface area (Å²) in [5.41, 5.74) is 3.26. The molecule has 2 aliphatic heterocycles. The molecular weight excluding hydrogens is 454 g/mol. The molecule has 9 heteroatoms. The fourth-order valence-corrected chi connectivity index (χ4v) is 5.10. The molecular formula is C27H37N7O2. The lowest BCUT2D eigenvalue weighted by molar-refractivity contribution is -0.141. The number of likely N-dealkylation sites (tertiary alicyclic amines) is 1. The summed E-state index contributed by atoms with van der Waals surface area (Å²) in [6.45, 7) is 8.63. The summed E-state index contributed by atoms with van der Waals surface area (Å²) in [7, 11) is 1.84. The average molecular weight is 492 g/mol. The third-order valence-corrected chi connectivity index (χ3v) is 7.16. The van der Waals surface area contributed by atoms with Crippen LogP contribution >= 0.6 is 0 Å². The van der Waals surface area contributed by atoms with E-state index in [2.05, 4.69) is 73.7 Å². The first-order chi connectivity index (χ1) is 17.6. The summed E-state index contributed by atoms with van der Waals surface area (Å²) in [6, 6.07) is 8.51. The number of amides is 1. The molecule has 0 aliphatic carbocycles. The quantitative estimate of drug-likeness (QED) is 0.500. The number of carbonyl (C=O) groups is 1. The molecule has 9 nitrogen and oxygen atoms in total. The lowest BCUT2D eigenvalue weighted by atomic mass is 9.95. The van der Waals surface area contributed by atoms with Crippen LogP contribution in [0.25, 0.3) is 16.6 Å². The number of piperidine rings is 1. The van der Waals surface area contributed by atoms with Crippen LogP contribution in [-0.4, -0.2) is 83.2 Å². The Morgan fingerprint density at radius 2 is 1.92 bits per heavy atom. The van der Waals surface area contributed by atoms with Gasteiger partial charge in [0.1, 0.15) is 5.82 Å². The number of anilines is 2. The van der Waals surface area contributed by atoms with E-state index in [0.717, 1.165) is 80.9 Å². The van der Waals surface area contributed by atoms with Crippen molar-refractivity contribution in [3.8, 4) is 5.69 Å². The minimum atomic E-state index is 0.155. The second kappa shape index (κ2) is 11.3. The summed E-state index contributed by atoms with van der Waals surface area (Å²) in [5.74, 6) is 1.95. The monoisotopic (exact) mass is 491 g/mol. The molecule has 0 radical (unpaired) electrons. The fourth-order valence-electron chi connectivity index (χ4n) is 5.10. The second-order valence-electron chi connectivity index (χ2n) is 9.69. The van der Waals surface area contributed by atoms with Crippen LogP contribution in [0.2, 0.25) is 0 Å². The van der Waals surface area contributed by atoms with E-state index in [4.69, 9.17) is 4.74 Å². The molecule has 2 aliphatic rings. The number of hydrogen-bond donors (Lipinski definition) is 2. The number of nitrogens with one attached hydrogen (secondary N) is 2. The lowest BCUT2D eigenvalue weighted by Crippen LogP contribution is -2.46. The predicted octanol–water partition coefficient (Wildman–Crippen LogP) is 3.35. The van der Waals surface area contributed by atoms with E-state index in [1.165, 1.54) is 5.56 Å². The SMILES string of the molecule is CCCNc1nc(NC)nc2cc(-n3ccc(CN4CCC(C(=O)N5CCOCC5)CC4)c3)ccc12. The van der Waals surface area contributed by atoms with Crippen molar-refractivity contribution in [2.75, 3.05) is 63.6 Å². The molecule has 2 aromatic heterocycles. The summed E-state index contributed by atoms with van der Waals surface area (Å²) >= 11 is 0. The number of hydrogen-bond acceptors (Lipinski definition) is 7. The minimum Gasteiger partial charge on any atom is -0.378 e. The van der Waals surface area contributed by atoms with E-state index < -0.39 is 0 Å². The third-order valence-electron chi connectivity index (χ3n) is 7.16. The van der Waals surface area contributed by atoms with E-state index in [9.17, 15) is 4.79 Å². The highest BCUT2D eigenvalue weighted by atomic mass is 16.5. The van der Waals surface area contributed by atoms with Gasteiger partial charge in [-0.25, -0.2) is 4.98 Å². The van der Waals surface area contributed by atoms with E-state index in [-0.39, 0.29) is 5.92 Å². The molecule has 1 aromatic carbocycles. The van der Waals surface area contributed by atoms with E-state index in [1.807, 2.05) is 11.9 Å². The molecule has 0 spiro atoms. The zero-order chi connectivity index (χ0) is 24.9. The number of carbonyl (C=O) groups excluding carboxylic acids is 1. The highest BCUT2D eigenvalue weighted by Gasteiger charge is 2.29. The molecule has 0 bridgehead atoms. The standard InChI is InChI=1S/C27H37N7O2/c1-3-9-29-25-23-5-4-22(17-24(23)30-27(28-2)31-25)34-12-6-20(19-34)18-32-10-7-21(8-11-32)26(35)33-13-15-36-16-14-33/h4-6,12,17,19,21H,3,7-11,13-16,18H2,1-2H3,(H2,28,29,30,31). The van der Waals surface area contributed by atoms with Crippen molar-refractivity contribution in [3.63, 3.8) is 0 Å². The molecule has 0 atom stereocenters. The Morgan fingerprint density at radius 1 is 1.11 bits per heavy atom. The number of ether oxygens (including phenoxy) is 1. The van der Waals surface area contributed by atoms with Crippen LogP contribution in [0, 0.1) is 5.92 Å². The average Bonchev–Trinajstić information content (AvgIpc) is 3.40. The van der Waals surface area contributed by atoms with Crippen LogP contribution < -0.4 is 10.6 Å². The zero-order valence-electron chi connectivity index (χ0n) is 21.4. The van der Waals surface area contributed by atoms with Gasteiger partial charge in [-0.05, 0) is 62.2 Å². The molecule has 2 fully saturated rings. The molecule has 2 saturated heterocycles. The van der Waals surface area contributed by atoms with Gasteiger partial charge in [0, 0.05) is 62.6 Å². The molecule has 36 heavy (non-hydrogen) atoms.